The molecule has 0 aliphatic carbocycles. The zero-order valence-corrected chi connectivity index (χ0v) is 16.6. The van der Waals surface area contributed by atoms with Crippen molar-refractivity contribution in [3.8, 4) is 0 Å². The van der Waals surface area contributed by atoms with Crippen LogP contribution in [-0.2, 0) is 13.6 Å². The number of unbranched alkanes of at least 4 members (excludes halogenated alkanes) is 11. The molecule has 1 N–H and O–H groups in total. The lowest BCUT2D eigenvalue weighted by molar-refractivity contribution is 0.154. The predicted molar refractivity (Wildman–Crippen MR) is 96.6 cm³/mol. The molecular weight excluding hydrogens is 367 g/mol. The van der Waals surface area contributed by atoms with Crippen molar-refractivity contribution in [3.05, 3.63) is 0 Å². The summed E-state index contributed by atoms with van der Waals surface area (Å²) in [4.78, 5) is 9.31. The van der Waals surface area contributed by atoms with Gasteiger partial charge in [0.2, 0.25) is 0 Å². The van der Waals surface area contributed by atoms with Crippen molar-refractivity contribution in [3.63, 3.8) is 0 Å². The molecule has 0 saturated heterocycles. The Morgan fingerprint density at radius 2 is 1.18 bits per heavy atom. The van der Waals surface area contributed by atoms with Crippen molar-refractivity contribution in [1.29, 1.82) is 0 Å². The van der Waals surface area contributed by atoms with Crippen LogP contribution in [-0.4, -0.2) is 23.4 Å². The minimum absolute atomic E-state index is 0.187. The van der Waals surface area contributed by atoms with Gasteiger partial charge in [0, 0.05) is 5.33 Å². The van der Waals surface area contributed by atoms with Gasteiger partial charge in [-0.3, -0.25) is 9.05 Å². The zero-order valence-electron chi connectivity index (χ0n) is 14.1. The Balaban J connectivity index is 3.19. The van der Waals surface area contributed by atoms with E-state index in [2.05, 4.69) is 22.9 Å². The summed E-state index contributed by atoms with van der Waals surface area (Å²) in [5.74, 6) is 0. The van der Waals surface area contributed by atoms with Gasteiger partial charge in [-0.1, -0.05) is 93.5 Å². The van der Waals surface area contributed by atoms with Gasteiger partial charge in [0.05, 0.1) is 13.2 Å². The van der Waals surface area contributed by atoms with Gasteiger partial charge in [-0.2, -0.15) is 0 Å². The second kappa shape index (κ2) is 16.4. The summed E-state index contributed by atoms with van der Waals surface area (Å²) in [6, 6.07) is 0. The van der Waals surface area contributed by atoms with Crippen LogP contribution < -0.4 is 0 Å². The van der Waals surface area contributed by atoms with E-state index in [1.54, 1.807) is 0 Å². The number of phosphoric ester groups is 1. The van der Waals surface area contributed by atoms with E-state index in [-0.39, 0.29) is 6.61 Å². The average molecular weight is 401 g/mol. The fourth-order valence-corrected chi connectivity index (χ4v) is 3.48. The van der Waals surface area contributed by atoms with Crippen molar-refractivity contribution in [2.45, 2.75) is 84.0 Å². The van der Waals surface area contributed by atoms with Gasteiger partial charge in [-0.25, -0.2) is 4.57 Å². The smallest absolute Gasteiger partial charge is 0.302 e. The molecule has 0 amide bonds. The number of halogens is 1. The Kier molecular flexibility index (Phi) is 16.9. The number of alkyl halides is 1. The monoisotopic (exact) mass is 400 g/mol. The second-order valence-electron chi connectivity index (χ2n) is 5.71. The van der Waals surface area contributed by atoms with Gasteiger partial charge in [0.1, 0.15) is 0 Å². The second-order valence-corrected chi connectivity index (χ2v) is 7.96. The van der Waals surface area contributed by atoms with Crippen LogP contribution >= 0.6 is 23.8 Å². The van der Waals surface area contributed by atoms with Crippen molar-refractivity contribution >= 4 is 23.8 Å². The van der Waals surface area contributed by atoms with E-state index >= 15 is 0 Å². The van der Waals surface area contributed by atoms with Crippen LogP contribution in [0.15, 0.2) is 0 Å². The minimum Gasteiger partial charge on any atom is -0.302 e. The Labute approximate surface area is 145 Å². The lowest BCUT2D eigenvalue weighted by atomic mass is 10.1. The first-order valence-electron chi connectivity index (χ1n) is 8.80. The maximum absolute atomic E-state index is 11.4. The number of rotatable bonds is 17. The standard InChI is InChI=1S/C16H34BrO4P/c1-2-3-4-5-6-7-8-9-10-11-12-13-15-20-22(18,19)21-16-14-17/h2-16H2,1H3,(H,18,19). The molecule has 0 spiro atoms. The van der Waals surface area contributed by atoms with E-state index in [4.69, 9.17) is 9.05 Å². The average Bonchev–Trinajstić information content (AvgIpc) is 2.50. The van der Waals surface area contributed by atoms with E-state index < -0.39 is 7.82 Å². The molecule has 0 aromatic rings. The lowest BCUT2D eigenvalue weighted by Gasteiger charge is -2.10. The van der Waals surface area contributed by atoms with Gasteiger partial charge in [-0.05, 0) is 6.42 Å². The molecule has 1 atom stereocenters. The fourth-order valence-electron chi connectivity index (χ4n) is 2.31. The molecule has 0 aliphatic heterocycles. The van der Waals surface area contributed by atoms with Gasteiger partial charge < -0.3 is 4.89 Å². The summed E-state index contributed by atoms with van der Waals surface area (Å²) >= 11 is 3.13. The highest BCUT2D eigenvalue weighted by Crippen LogP contribution is 2.43. The van der Waals surface area contributed by atoms with Gasteiger partial charge in [0.25, 0.3) is 0 Å². The van der Waals surface area contributed by atoms with Crippen molar-refractivity contribution in [1.82, 2.24) is 0 Å². The zero-order chi connectivity index (χ0) is 16.5. The molecule has 0 fully saturated rings. The Bertz CT molecular complexity index is 277. The molecular formula is C16H34BrO4P. The van der Waals surface area contributed by atoms with Crippen LogP contribution in [0.1, 0.15) is 84.0 Å². The molecule has 134 valence electrons. The molecule has 6 heteroatoms. The normalized spacial score (nSPS) is 14.1. The first-order valence-corrected chi connectivity index (χ1v) is 11.4. The molecule has 0 bridgehead atoms. The quantitative estimate of drug-likeness (QED) is 0.179. The van der Waals surface area contributed by atoms with E-state index in [1.165, 1.54) is 64.2 Å². The van der Waals surface area contributed by atoms with E-state index in [9.17, 15) is 9.46 Å². The maximum Gasteiger partial charge on any atom is 0.472 e. The molecule has 4 nitrogen and oxygen atoms in total. The molecule has 1 unspecified atom stereocenters. The van der Waals surface area contributed by atoms with Crippen molar-refractivity contribution < 1.29 is 18.5 Å². The highest BCUT2D eigenvalue weighted by molar-refractivity contribution is 9.09. The minimum atomic E-state index is -3.82. The number of hydrogen-bond acceptors (Lipinski definition) is 3. The lowest BCUT2D eigenvalue weighted by Crippen LogP contribution is -1.99. The third-order valence-electron chi connectivity index (χ3n) is 3.58. The Morgan fingerprint density at radius 3 is 1.64 bits per heavy atom. The van der Waals surface area contributed by atoms with Crippen molar-refractivity contribution in [2.75, 3.05) is 18.5 Å². The first kappa shape index (κ1) is 22.6. The third kappa shape index (κ3) is 17.0. The van der Waals surface area contributed by atoms with Crippen LogP contribution in [0.4, 0.5) is 0 Å². The third-order valence-corrected chi connectivity index (χ3v) is 4.93. The Morgan fingerprint density at radius 1 is 0.773 bits per heavy atom. The first-order chi connectivity index (χ1) is 10.6. The highest BCUT2D eigenvalue weighted by Gasteiger charge is 2.19. The van der Waals surface area contributed by atoms with E-state index in [0.717, 1.165) is 12.8 Å². The summed E-state index contributed by atoms with van der Waals surface area (Å²) in [7, 11) is -3.82. The van der Waals surface area contributed by atoms with Gasteiger partial charge in [0.15, 0.2) is 0 Å². The van der Waals surface area contributed by atoms with Gasteiger partial charge >= 0.3 is 7.82 Å². The predicted octanol–water partition coefficient (Wildman–Crippen LogP) is 6.22. The highest BCUT2D eigenvalue weighted by atomic mass is 79.9. The summed E-state index contributed by atoms with van der Waals surface area (Å²) in [5, 5.41) is 0.527. The molecule has 0 radical (unpaired) electrons. The Hall–Kier alpha value is 0.590. The van der Waals surface area contributed by atoms with Gasteiger partial charge in [-0.15, -0.1) is 0 Å². The van der Waals surface area contributed by atoms with Crippen LogP contribution in [0.25, 0.3) is 0 Å². The molecule has 22 heavy (non-hydrogen) atoms. The molecule has 0 aromatic carbocycles. The van der Waals surface area contributed by atoms with Crippen molar-refractivity contribution in [2.24, 2.45) is 0 Å². The largest absolute Gasteiger partial charge is 0.472 e. The summed E-state index contributed by atoms with van der Waals surface area (Å²) in [5.41, 5.74) is 0. The summed E-state index contributed by atoms with van der Waals surface area (Å²) in [6.07, 6.45) is 15.2. The van der Waals surface area contributed by atoms with Crippen LogP contribution in [0.5, 0.6) is 0 Å². The molecule has 0 aromatic heterocycles. The maximum atomic E-state index is 11.4. The van der Waals surface area contributed by atoms with E-state index in [1.807, 2.05) is 0 Å². The molecule has 0 rings (SSSR count). The molecule has 0 saturated carbocycles. The van der Waals surface area contributed by atoms with Crippen LogP contribution in [0.3, 0.4) is 0 Å². The fraction of sp³-hybridized carbons (Fsp3) is 1.00. The number of phosphoric acid groups is 1. The number of hydrogen-bond donors (Lipinski definition) is 1. The summed E-state index contributed by atoms with van der Waals surface area (Å²) in [6.45, 7) is 2.74. The molecule has 0 aliphatic rings. The van der Waals surface area contributed by atoms with Crippen LogP contribution in [0.2, 0.25) is 0 Å². The SMILES string of the molecule is CCCCCCCCCCCCCCOP(=O)(O)OCCBr. The van der Waals surface area contributed by atoms with E-state index in [0.29, 0.717) is 11.9 Å². The topological polar surface area (TPSA) is 55.8 Å². The molecule has 0 heterocycles. The summed E-state index contributed by atoms with van der Waals surface area (Å²) < 4.78 is 21.0. The van der Waals surface area contributed by atoms with Crippen LogP contribution in [0, 0.1) is 0 Å².